The molecule has 3 N–H and O–H groups in total. The number of nitrogens with one attached hydrogen (secondary N) is 3. The van der Waals surface area contributed by atoms with E-state index in [2.05, 4.69) is 20.7 Å². The Morgan fingerprint density at radius 2 is 1.94 bits per heavy atom. The highest BCUT2D eigenvalue weighted by molar-refractivity contribution is 5.80. The third-order valence-corrected chi connectivity index (χ3v) is 5.58. The van der Waals surface area contributed by atoms with Crippen LogP contribution in [0.25, 0.3) is 0 Å². The second-order valence-electron chi connectivity index (χ2n) is 8.32. The Morgan fingerprint density at radius 1 is 1.27 bits per heavy atom. The lowest BCUT2D eigenvalue weighted by Crippen LogP contribution is -2.64. The summed E-state index contributed by atoms with van der Waals surface area (Å²) in [6.45, 7) is 6.22. The number of piperazine rings is 1. The van der Waals surface area contributed by atoms with Crippen LogP contribution in [0.15, 0.2) is 12.4 Å². The molecular formula is C20H30F3N7O3. The average Bonchev–Trinajstić information content (AvgIpc) is 2.76. The molecule has 1 aromatic rings. The number of carbonyl (C=O) groups excluding carboxylic acids is 2. The van der Waals surface area contributed by atoms with Crippen molar-refractivity contribution in [3.63, 3.8) is 0 Å². The lowest BCUT2D eigenvalue weighted by Gasteiger charge is -2.35. The SMILES string of the molecule is Cc1cnc(N2CCN(C(=O)CCOC[C@H](C)NC3CNNC(=O)C3C(F)(F)F)CC2)nc1. The highest BCUT2D eigenvalue weighted by Gasteiger charge is 2.51. The fraction of sp³-hybridized carbons (Fsp3) is 0.700. The number of hydrogen-bond donors (Lipinski definition) is 3. The topological polar surface area (TPSA) is 112 Å². The van der Waals surface area contributed by atoms with Gasteiger partial charge in [-0.2, -0.15) is 13.2 Å². The highest BCUT2D eigenvalue weighted by Crippen LogP contribution is 2.30. The third-order valence-electron chi connectivity index (χ3n) is 5.58. The molecule has 0 spiro atoms. The number of hydrogen-bond acceptors (Lipinski definition) is 8. The van der Waals surface area contributed by atoms with Gasteiger partial charge in [-0.3, -0.25) is 15.0 Å². The van der Waals surface area contributed by atoms with Gasteiger partial charge in [0.25, 0.3) is 0 Å². The van der Waals surface area contributed by atoms with Crippen molar-refractivity contribution < 1.29 is 27.5 Å². The summed E-state index contributed by atoms with van der Waals surface area (Å²) in [4.78, 5) is 36.5. The van der Waals surface area contributed by atoms with Crippen LogP contribution in [0.2, 0.25) is 0 Å². The second-order valence-corrected chi connectivity index (χ2v) is 8.32. The first-order valence-corrected chi connectivity index (χ1v) is 10.9. The van der Waals surface area contributed by atoms with E-state index in [9.17, 15) is 22.8 Å². The zero-order valence-corrected chi connectivity index (χ0v) is 18.7. The van der Waals surface area contributed by atoms with E-state index in [1.165, 1.54) is 0 Å². The van der Waals surface area contributed by atoms with Crippen molar-refractivity contribution in [3.05, 3.63) is 18.0 Å². The normalized spacial score (nSPS) is 22.8. The van der Waals surface area contributed by atoms with E-state index in [-0.39, 0.29) is 32.1 Å². The molecule has 3 rings (SSSR count). The molecule has 2 fully saturated rings. The van der Waals surface area contributed by atoms with Gasteiger partial charge >= 0.3 is 6.18 Å². The van der Waals surface area contributed by atoms with Gasteiger partial charge in [-0.05, 0) is 19.4 Å². The summed E-state index contributed by atoms with van der Waals surface area (Å²) in [5.41, 5.74) is 5.47. The Hall–Kier alpha value is -2.51. The molecule has 2 amide bonds. The first-order valence-electron chi connectivity index (χ1n) is 10.9. The number of anilines is 1. The molecule has 33 heavy (non-hydrogen) atoms. The highest BCUT2D eigenvalue weighted by atomic mass is 19.4. The molecule has 2 saturated heterocycles. The summed E-state index contributed by atoms with van der Waals surface area (Å²) in [6.07, 6.45) is -0.940. The minimum absolute atomic E-state index is 0.0367. The number of alkyl halides is 3. The molecule has 3 heterocycles. The predicted octanol–water partition coefficient (Wildman–Crippen LogP) is -0.0000800. The van der Waals surface area contributed by atoms with E-state index in [1.807, 2.05) is 17.2 Å². The van der Waals surface area contributed by atoms with E-state index in [4.69, 9.17) is 4.74 Å². The molecule has 3 atom stereocenters. The average molecular weight is 474 g/mol. The Kier molecular flexibility index (Phi) is 8.43. The molecule has 0 aromatic carbocycles. The molecule has 2 unspecified atom stereocenters. The molecule has 13 heteroatoms. The summed E-state index contributed by atoms with van der Waals surface area (Å²) >= 11 is 0. The van der Waals surface area contributed by atoms with Crippen molar-refractivity contribution in [1.82, 2.24) is 31.0 Å². The van der Waals surface area contributed by atoms with Crippen molar-refractivity contribution >= 4 is 17.8 Å². The summed E-state index contributed by atoms with van der Waals surface area (Å²) in [5.74, 6) is -2.63. The van der Waals surface area contributed by atoms with Crippen LogP contribution in [-0.4, -0.2) is 90.9 Å². The number of ether oxygens (including phenoxy) is 1. The number of carbonyl (C=O) groups is 2. The second kappa shape index (κ2) is 11.1. The van der Waals surface area contributed by atoms with Gasteiger partial charge in [0.05, 0.1) is 19.6 Å². The van der Waals surface area contributed by atoms with E-state index < -0.39 is 30.1 Å². The standard InChI is InChI=1S/C20H30F3N7O3/c1-13-9-24-19(25-10-13)30-6-4-29(5-7-30)16(31)3-8-33-12-14(2)27-15-11-26-28-18(32)17(15)20(21,22)23/h9-10,14-15,17,26-27H,3-8,11-12H2,1-2H3,(H,28,32)/t14-,15?,17?/m0/s1. The van der Waals surface area contributed by atoms with E-state index in [0.29, 0.717) is 32.1 Å². The van der Waals surface area contributed by atoms with Gasteiger partial charge in [0.2, 0.25) is 17.8 Å². The Morgan fingerprint density at radius 3 is 2.58 bits per heavy atom. The quantitative estimate of drug-likeness (QED) is 0.453. The lowest BCUT2D eigenvalue weighted by molar-refractivity contribution is -0.193. The van der Waals surface area contributed by atoms with Crippen molar-refractivity contribution in [2.75, 3.05) is 50.8 Å². The number of hydrazine groups is 1. The third kappa shape index (κ3) is 6.98. The number of aromatic nitrogens is 2. The number of aryl methyl sites for hydroxylation is 1. The van der Waals surface area contributed by atoms with Gasteiger partial charge in [0, 0.05) is 57.2 Å². The first kappa shape index (κ1) is 25.1. The molecule has 184 valence electrons. The summed E-state index contributed by atoms with van der Waals surface area (Å²) in [5, 5.41) is 2.80. The molecule has 0 saturated carbocycles. The molecule has 0 radical (unpaired) electrons. The van der Waals surface area contributed by atoms with Gasteiger partial charge in [-0.25, -0.2) is 15.4 Å². The maximum atomic E-state index is 13.2. The minimum Gasteiger partial charge on any atom is -0.379 e. The van der Waals surface area contributed by atoms with Crippen molar-refractivity contribution in [2.24, 2.45) is 5.92 Å². The predicted molar refractivity (Wildman–Crippen MR) is 113 cm³/mol. The number of halogens is 3. The molecular weight excluding hydrogens is 443 g/mol. The van der Waals surface area contributed by atoms with E-state index in [1.54, 1.807) is 24.2 Å². The molecule has 0 bridgehead atoms. The maximum Gasteiger partial charge on any atom is 0.402 e. The van der Waals surface area contributed by atoms with E-state index >= 15 is 0 Å². The zero-order chi connectivity index (χ0) is 24.0. The number of rotatable bonds is 8. The largest absolute Gasteiger partial charge is 0.402 e. The van der Waals surface area contributed by atoms with Crippen LogP contribution < -0.4 is 21.1 Å². The van der Waals surface area contributed by atoms with Gasteiger partial charge in [-0.15, -0.1) is 0 Å². The molecule has 0 aliphatic carbocycles. The van der Waals surface area contributed by atoms with Crippen molar-refractivity contribution in [3.8, 4) is 0 Å². The molecule has 1 aromatic heterocycles. The summed E-state index contributed by atoms with van der Waals surface area (Å²) in [6, 6.07) is -1.53. The van der Waals surface area contributed by atoms with Crippen molar-refractivity contribution in [2.45, 2.75) is 38.5 Å². The lowest BCUT2D eigenvalue weighted by atomic mass is 9.96. The van der Waals surface area contributed by atoms with Crippen molar-refractivity contribution in [1.29, 1.82) is 0 Å². The van der Waals surface area contributed by atoms with Gasteiger partial charge in [0.1, 0.15) is 0 Å². The molecule has 2 aliphatic heterocycles. The van der Waals surface area contributed by atoms with Crippen LogP contribution in [0.1, 0.15) is 18.9 Å². The van der Waals surface area contributed by atoms with Gasteiger partial charge in [0.15, 0.2) is 5.92 Å². The Bertz CT molecular complexity index is 801. The van der Waals surface area contributed by atoms with E-state index in [0.717, 1.165) is 5.56 Å². The van der Waals surface area contributed by atoms with Crippen LogP contribution in [0.3, 0.4) is 0 Å². The number of amides is 2. The molecule has 2 aliphatic rings. The van der Waals surface area contributed by atoms with Crippen LogP contribution in [0.4, 0.5) is 19.1 Å². The Labute approximate surface area is 190 Å². The zero-order valence-electron chi connectivity index (χ0n) is 18.7. The minimum atomic E-state index is -4.65. The van der Waals surface area contributed by atoms with Crippen LogP contribution in [-0.2, 0) is 14.3 Å². The smallest absolute Gasteiger partial charge is 0.379 e. The maximum absolute atomic E-state index is 13.2. The fourth-order valence-electron chi connectivity index (χ4n) is 3.85. The number of nitrogens with zero attached hydrogens (tertiary/aromatic N) is 4. The monoisotopic (exact) mass is 473 g/mol. The molecule has 10 nitrogen and oxygen atoms in total. The fourth-order valence-corrected chi connectivity index (χ4v) is 3.85. The first-order chi connectivity index (χ1) is 15.6. The van der Waals surface area contributed by atoms with Crippen LogP contribution in [0.5, 0.6) is 0 Å². The van der Waals surface area contributed by atoms with Gasteiger partial charge < -0.3 is 19.9 Å². The summed E-state index contributed by atoms with van der Waals surface area (Å²) < 4.78 is 45.1. The van der Waals surface area contributed by atoms with Crippen LogP contribution in [0, 0.1) is 12.8 Å². The van der Waals surface area contributed by atoms with Crippen LogP contribution >= 0.6 is 0 Å². The summed E-state index contributed by atoms with van der Waals surface area (Å²) in [7, 11) is 0. The van der Waals surface area contributed by atoms with Gasteiger partial charge in [-0.1, -0.05) is 0 Å². The Balaban J connectivity index is 1.34.